The molecule has 0 saturated heterocycles. The van der Waals surface area contributed by atoms with E-state index < -0.39 is 5.41 Å². The van der Waals surface area contributed by atoms with E-state index in [1.807, 2.05) is 65.0 Å². The van der Waals surface area contributed by atoms with Crippen molar-refractivity contribution in [1.29, 1.82) is 0 Å². The molecule has 1 amide bonds. The molecule has 0 fully saturated rings. The van der Waals surface area contributed by atoms with Crippen molar-refractivity contribution < 1.29 is 4.79 Å². The molecule has 0 aliphatic rings. The second-order valence-electron chi connectivity index (χ2n) is 7.13. The Bertz CT molecular complexity index is 898. The van der Waals surface area contributed by atoms with Crippen LogP contribution in [0.15, 0.2) is 42.5 Å². The van der Waals surface area contributed by atoms with Gasteiger partial charge in [-0.25, -0.2) is 0 Å². The van der Waals surface area contributed by atoms with Crippen LogP contribution >= 0.6 is 0 Å². The number of carbonyl (C=O) groups excluding carboxylic acids is 1. The number of hydrogen-bond donors (Lipinski definition) is 2. The molecule has 2 aromatic carbocycles. The van der Waals surface area contributed by atoms with Gasteiger partial charge in [0.25, 0.3) is 0 Å². The van der Waals surface area contributed by atoms with Gasteiger partial charge in [-0.15, -0.1) is 0 Å². The molecule has 24 heavy (non-hydrogen) atoms. The highest BCUT2D eigenvalue weighted by Gasteiger charge is 2.34. The average molecular weight is 320 g/mol. The Hall–Kier alpha value is -2.55. The molecule has 3 nitrogen and oxygen atoms in total. The van der Waals surface area contributed by atoms with Crippen LogP contribution in [0.4, 0.5) is 5.69 Å². The number of amides is 1. The van der Waals surface area contributed by atoms with Crippen molar-refractivity contribution in [2.75, 3.05) is 5.32 Å². The van der Waals surface area contributed by atoms with Gasteiger partial charge in [0.1, 0.15) is 0 Å². The summed E-state index contributed by atoms with van der Waals surface area (Å²) in [7, 11) is 0. The Balaban J connectivity index is 1.99. The van der Waals surface area contributed by atoms with Gasteiger partial charge in [-0.2, -0.15) is 0 Å². The maximum Gasteiger partial charge on any atom is 0.234 e. The number of rotatable bonds is 3. The quantitative estimate of drug-likeness (QED) is 0.700. The maximum absolute atomic E-state index is 13.0. The molecule has 0 bridgehead atoms. The van der Waals surface area contributed by atoms with Crippen molar-refractivity contribution in [3.63, 3.8) is 0 Å². The lowest BCUT2D eigenvalue weighted by Crippen LogP contribution is -2.35. The summed E-state index contributed by atoms with van der Waals surface area (Å²) < 4.78 is 0. The van der Waals surface area contributed by atoms with Gasteiger partial charge in [0, 0.05) is 22.3 Å². The van der Waals surface area contributed by atoms with Crippen LogP contribution in [-0.2, 0) is 10.2 Å². The first kappa shape index (κ1) is 16.3. The van der Waals surface area contributed by atoms with Crippen molar-refractivity contribution >= 4 is 22.5 Å². The molecular weight excluding hydrogens is 296 g/mol. The third kappa shape index (κ3) is 2.82. The molecule has 0 atom stereocenters. The topological polar surface area (TPSA) is 44.9 Å². The van der Waals surface area contributed by atoms with Crippen LogP contribution < -0.4 is 5.32 Å². The van der Waals surface area contributed by atoms with E-state index in [0.717, 1.165) is 39.0 Å². The van der Waals surface area contributed by atoms with Crippen LogP contribution in [0.3, 0.4) is 0 Å². The summed E-state index contributed by atoms with van der Waals surface area (Å²) in [6.45, 7) is 10.1. The maximum atomic E-state index is 13.0. The van der Waals surface area contributed by atoms with E-state index in [1.165, 1.54) is 0 Å². The van der Waals surface area contributed by atoms with Gasteiger partial charge in [-0.1, -0.05) is 24.3 Å². The Morgan fingerprint density at radius 2 is 1.62 bits per heavy atom. The second-order valence-corrected chi connectivity index (χ2v) is 7.13. The normalized spacial score (nSPS) is 11.7. The Labute approximate surface area is 143 Å². The number of para-hydroxylation sites is 1. The summed E-state index contributed by atoms with van der Waals surface area (Å²) in [4.78, 5) is 16.4. The minimum atomic E-state index is -0.638. The molecule has 1 aromatic heterocycles. The van der Waals surface area contributed by atoms with Crippen molar-refractivity contribution in [3.05, 3.63) is 64.8 Å². The third-order valence-electron chi connectivity index (χ3n) is 4.57. The molecule has 3 rings (SSSR count). The zero-order chi connectivity index (χ0) is 17.5. The number of carbonyl (C=O) groups is 1. The predicted molar refractivity (Wildman–Crippen MR) is 101 cm³/mol. The molecule has 0 aliphatic heterocycles. The highest BCUT2D eigenvalue weighted by atomic mass is 16.2. The number of aromatic nitrogens is 1. The van der Waals surface area contributed by atoms with Crippen LogP contribution in [0.25, 0.3) is 10.9 Å². The van der Waals surface area contributed by atoms with E-state index in [9.17, 15) is 4.79 Å². The Morgan fingerprint density at radius 1 is 1.00 bits per heavy atom. The molecule has 1 heterocycles. The summed E-state index contributed by atoms with van der Waals surface area (Å²) >= 11 is 0. The summed E-state index contributed by atoms with van der Waals surface area (Å²) in [6, 6.07) is 14.2. The number of hydrogen-bond acceptors (Lipinski definition) is 1. The molecule has 0 unspecified atom stereocenters. The molecular formula is C21H24N2O. The summed E-state index contributed by atoms with van der Waals surface area (Å²) in [5.74, 6) is 0.000327. The van der Waals surface area contributed by atoms with Crippen LogP contribution in [0, 0.1) is 20.8 Å². The van der Waals surface area contributed by atoms with E-state index in [2.05, 4.69) is 22.4 Å². The molecule has 0 radical (unpaired) electrons. The standard InChI is InChI=1S/C21H24N2O/c1-13-10-14(2)12-16(11-13)23-20(24)21(4,5)19-15(3)22-18-9-7-6-8-17(18)19/h6-12,22H,1-5H3,(H,23,24). The van der Waals surface area contributed by atoms with Crippen LogP contribution in [0.2, 0.25) is 0 Å². The van der Waals surface area contributed by atoms with Crippen molar-refractivity contribution in [2.24, 2.45) is 0 Å². The molecule has 3 aromatic rings. The molecule has 2 N–H and O–H groups in total. The lowest BCUT2D eigenvalue weighted by molar-refractivity contribution is -0.120. The van der Waals surface area contributed by atoms with Crippen LogP contribution in [0.1, 0.15) is 36.2 Å². The van der Waals surface area contributed by atoms with Crippen LogP contribution in [-0.4, -0.2) is 10.9 Å². The number of aryl methyl sites for hydroxylation is 3. The number of fused-ring (bicyclic) bond motifs is 1. The fourth-order valence-electron chi connectivity index (χ4n) is 3.53. The lowest BCUT2D eigenvalue weighted by Gasteiger charge is -2.25. The highest BCUT2D eigenvalue weighted by Crippen LogP contribution is 2.34. The number of benzene rings is 2. The minimum Gasteiger partial charge on any atom is -0.358 e. The number of H-pyrrole nitrogens is 1. The zero-order valence-electron chi connectivity index (χ0n) is 14.9. The number of aromatic amines is 1. The van der Waals surface area contributed by atoms with E-state index in [1.54, 1.807) is 0 Å². The van der Waals surface area contributed by atoms with E-state index in [-0.39, 0.29) is 5.91 Å². The largest absolute Gasteiger partial charge is 0.358 e. The first-order chi connectivity index (χ1) is 11.3. The molecule has 0 aliphatic carbocycles. The monoisotopic (exact) mass is 320 g/mol. The van der Waals surface area contributed by atoms with Gasteiger partial charge >= 0.3 is 0 Å². The van der Waals surface area contributed by atoms with Crippen molar-refractivity contribution in [3.8, 4) is 0 Å². The SMILES string of the molecule is Cc1cc(C)cc(NC(=O)C(C)(C)c2c(C)[nH]c3ccccc23)c1. The Kier molecular flexibility index (Phi) is 3.96. The zero-order valence-corrected chi connectivity index (χ0v) is 14.9. The number of anilines is 1. The molecule has 0 spiro atoms. The van der Waals surface area contributed by atoms with Gasteiger partial charge in [-0.05, 0) is 69.5 Å². The molecule has 3 heteroatoms. The van der Waals surface area contributed by atoms with Crippen molar-refractivity contribution in [1.82, 2.24) is 4.98 Å². The fraction of sp³-hybridized carbons (Fsp3) is 0.286. The summed E-state index contributed by atoms with van der Waals surface area (Å²) in [5, 5.41) is 4.20. The van der Waals surface area contributed by atoms with Gasteiger partial charge in [0.2, 0.25) is 5.91 Å². The van der Waals surface area contributed by atoms with Crippen molar-refractivity contribution in [2.45, 2.75) is 40.0 Å². The summed E-state index contributed by atoms with van der Waals surface area (Å²) in [5.41, 5.74) is 5.66. The minimum absolute atomic E-state index is 0.000327. The van der Waals surface area contributed by atoms with E-state index in [0.29, 0.717) is 0 Å². The molecule has 0 saturated carbocycles. The van der Waals surface area contributed by atoms with E-state index in [4.69, 9.17) is 0 Å². The van der Waals surface area contributed by atoms with E-state index >= 15 is 0 Å². The molecule has 124 valence electrons. The first-order valence-corrected chi connectivity index (χ1v) is 8.26. The first-order valence-electron chi connectivity index (χ1n) is 8.26. The predicted octanol–water partition coefficient (Wildman–Crippen LogP) is 5.01. The van der Waals surface area contributed by atoms with Gasteiger partial charge in [0.05, 0.1) is 5.41 Å². The van der Waals surface area contributed by atoms with Gasteiger partial charge in [0.15, 0.2) is 0 Å². The van der Waals surface area contributed by atoms with Gasteiger partial charge < -0.3 is 10.3 Å². The smallest absolute Gasteiger partial charge is 0.234 e. The lowest BCUT2D eigenvalue weighted by atomic mass is 9.81. The average Bonchev–Trinajstić information content (AvgIpc) is 2.82. The fourth-order valence-corrected chi connectivity index (χ4v) is 3.53. The third-order valence-corrected chi connectivity index (χ3v) is 4.57. The highest BCUT2D eigenvalue weighted by molar-refractivity contribution is 6.02. The van der Waals surface area contributed by atoms with Gasteiger partial charge in [-0.3, -0.25) is 4.79 Å². The second kappa shape index (κ2) is 5.82. The van der Waals surface area contributed by atoms with Crippen LogP contribution in [0.5, 0.6) is 0 Å². The Morgan fingerprint density at radius 3 is 2.29 bits per heavy atom. The number of nitrogens with one attached hydrogen (secondary N) is 2. The summed E-state index contributed by atoms with van der Waals surface area (Å²) in [6.07, 6.45) is 0.